The predicted octanol–water partition coefficient (Wildman–Crippen LogP) is 1.84. The smallest absolute Gasteiger partial charge is 0.274 e. The molecule has 1 fully saturated rings. The Morgan fingerprint density at radius 2 is 2.11 bits per heavy atom. The van der Waals surface area contributed by atoms with Gasteiger partial charge in [-0.15, -0.1) is 0 Å². The van der Waals surface area contributed by atoms with Crippen LogP contribution in [0.15, 0.2) is 39.6 Å². The number of nitrogens with one attached hydrogen (secondary N) is 1. The van der Waals surface area contributed by atoms with Gasteiger partial charge in [0.15, 0.2) is 5.69 Å². The fraction of sp³-hybridized carbons (Fsp3) is 0.368. The first-order chi connectivity index (χ1) is 13.2. The Hall–Kier alpha value is -3.00. The Kier molecular flexibility index (Phi) is 4.72. The molecular weight excluding hydrogens is 348 g/mol. The van der Waals surface area contributed by atoms with Crippen molar-refractivity contribution in [2.24, 2.45) is 0 Å². The molecule has 1 saturated carbocycles. The molecule has 0 bridgehead atoms. The quantitative estimate of drug-likeness (QED) is 0.683. The summed E-state index contributed by atoms with van der Waals surface area (Å²) < 4.78 is 11.6. The molecule has 1 aromatic carbocycles. The summed E-state index contributed by atoms with van der Waals surface area (Å²) in [6.45, 7) is 0.896. The molecule has 2 aromatic heterocycles. The Morgan fingerprint density at radius 3 is 2.85 bits per heavy atom. The van der Waals surface area contributed by atoms with Crippen LogP contribution in [0.4, 0.5) is 0 Å². The Labute approximate surface area is 155 Å². The molecule has 1 aliphatic rings. The average Bonchev–Trinajstić information content (AvgIpc) is 3.43. The van der Waals surface area contributed by atoms with Gasteiger partial charge in [-0.05, 0) is 18.9 Å². The van der Waals surface area contributed by atoms with E-state index in [4.69, 9.17) is 9.26 Å². The number of carbonyl (C=O) groups is 1. The van der Waals surface area contributed by atoms with Crippen LogP contribution in [0.25, 0.3) is 10.8 Å². The number of hydrogen-bond acceptors (Lipinski definition) is 6. The average molecular weight is 368 g/mol. The lowest BCUT2D eigenvalue weighted by Gasteiger charge is -2.11. The van der Waals surface area contributed by atoms with E-state index in [1.807, 2.05) is 18.2 Å². The lowest BCUT2D eigenvalue weighted by Crippen LogP contribution is -2.29. The molecule has 0 spiro atoms. The largest absolute Gasteiger partial charge is 0.383 e. The molecule has 2 heterocycles. The number of nitrogens with zero attached hydrogens (tertiary/aromatic N) is 3. The summed E-state index contributed by atoms with van der Waals surface area (Å²) >= 11 is 0. The maximum atomic E-state index is 12.6. The van der Waals surface area contributed by atoms with Gasteiger partial charge in [0, 0.05) is 24.5 Å². The van der Waals surface area contributed by atoms with E-state index >= 15 is 0 Å². The molecule has 4 rings (SSSR count). The molecule has 8 heteroatoms. The van der Waals surface area contributed by atoms with Crippen molar-refractivity contribution in [2.75, 3.05) is 13.7 Å². The third kappa shape index (κ3) is 3.61. The van der Waals surface area contributed by atoms with Gasteiger partial charge in [0.25, 0.3) is 11.5 Å². The third-order valence-corrected chi connectivity index (χ3v) is 4.61. The highest BCUT2D eigenvalue weighted by molar-refractivity contribution is 5.92. The minimum absolute atomic E-state index is 0.177. The number of ether oxygens (including phenoxy) is 1. The van der Waals surface area contributed by atoms with Crippen LogP contribution in [-0.2, 0) is 17.8 Å². The molecule has 3 aromatic rings. The van der Waals surface area contributed by atoms with Crippen molar-refractivity contribution in [1.82, 2.24) is 20.3 Å². The highest BCUT2D eigenvalue weighted by atomic mass is 16.5. The van der Waals surface area contributed by atoms with Gasteiger partial charge in [-0.1, -0.05) is 23.4 Å². The van der Waals surface area contributed by atoms with Crippen molar-refractivity contribution in [1.29, 1.82) is 0 Å². The van der Waals surface area contributed by atoms with E-state index in [-0.39, 0.29) is 23.7 Å². The van der Waals surface area contributed by atoms with Crippen molar-refractivity contribution >= 4 is 16.7 Å². The normalized spacial score (nSPS) is 13.8. The molecule has 1 aliphatic carbocycles. The van der Waals surface area contributed by atoms with Crippen LogP contribution in [0.3, 0.4) is 0 Å². The van der Waals surface area contributed by atoms with E-state index in [1.165, 1.54) is 4.68 Å². The molecule has 8 nitrogen and oxygen atoms in total. The van der Waals surface area contributed by atoms with Crippen molar-refractivity contribution in [3.63, 3.8) is 0 Å². The Balaban J connectivity index is 1.57. The van der Waals surface area contributed by atoms with E-state index in [9.17, 15) is 9.59 Å². The highest BCUT2D eigenvalue weighted by Gasteiger charge is 2.28. The van der Waals surface area contributed by atoms with E-state index in [0.29, 0.717) is 30.1 Å². The summed E-state index contributed by atoms with van der Waals surface area (Å²) in [6.07, 6.45) is 2.16. The zero-order chi connectivity index (χ0) is 18.8. The van der Waals surface area contributed by atoms with Crippen LogP contribution in [0, 0.1) is 0 Å². The lowest BCUT2D eigenvalue weighted by atomic mass is 10.1. The van der Waals surface area contributed by atoms with E-state index < -0.39 is 0 Å². The zero-order valence-corrected chi connectivity index (χ0v) is 15.0. The summed E-state index contributed by atoms with van der Waals surface area (Å²) in [5, 5.41) is 12.3. The topological polar surface area (TPSA) is 99.2 Å². The second-order valence-corrected chi connectivity index (χ2v) is 6.58. The van der Waals surface area contributed by atoms with Crippen LogP contribution in [0.1, 0.15) is 40.7 Å². The number of benzene rings is 1. The number of aromatic nitrogens is 3. The first-order valence-electron chi connectivity index (χ1n) is 8.90. The zero-order valence-electron chi connectivity index (χ0n) is 15.0. The Bertz CT molecular complexity index is 1040. The molecule has 27 heavy (non-hydrogen) atoms. The molecule has 140 valence electrons. The van der Waals surface area contributed by atoms with Crippen molar-refractivity contribution < 1.29 is 14.1 Å². The van der Waals surface area contributed by atoms with Gasteiger partial charge in [0.1, 0.15) is 5.76 Å². The second-order valence-electron chi connectivity index (χ2n) is 6.58. The van der Waals surface area contributed by atoms with Crippen molar-refractivity contribution in [3.8, 4) is 0 Å². The monoisotopic (exact) mass is 368 g/mol. The first kappa shape index (κ1) is 17.4. The fourth-order valence-corrected chi connectivity index (χ4v) is 2.98. The molecule has 0 unspecified atom stereocenters. The molecule has 0 atom stereocenters. The molecule has 0 radical (unpaired) electrons. The van der Waals surface area contributed by atoms with Gasteiger partial charge >= 0.3 is 0 Å². The number of rotatable bonds is 7. The standard InChI is InChI=1S/C19H20N4O4/c1-26-9-8-23-19(25)14-5-3-2-4-13(14)16(21-23)11-20-18(24)15-10-17(27-22-15)12-6-7-12/h2-5,10,12H,6-9,11H2,1H3,(H,20,24). The molecule has 1 amide bonds. The van der Waals surface area contributed by atoms with Crippen LogP contribution < -0.4 is 10.9 Å². The highest BCUT2D eigenvalue weighted by Crippen LogP contribution is 2.40. The van der Waals surface area contributed by atoms with Gasteiger partial charge in [-0.3, -0.25) is 9.59 Å². The van der Waals surface area contributed by atoms with E-state index in [2.05, 4.69) is 15.6 Å². The number of fused-ring (bicyclic) bond motifs is 1. The molecule has 1 N–H and O–H groups in total. The number of hydrogen-bond donors (Lipinski definition) is 1. The first-order valence-corrected chi connectivity index (χ1v) is 8.90. The Morgan fingerprint density at radius 1 is 1.33 bits per heavy atom. The maximum absolute atomic E-state index is 12.6. The molecule has 0 saturated heterocycles. The third-order valence-electron chi connectivity index (χ3n) is 4.61. The van der Waals surface area contributed by atoms with E-state index in [1.54, 1.807) is 19.2 Å². The van der Waals surface area contributed by atoms with Crippen molar-refractivity contribution in [3.05, 3.63) is 57.8 Å². The summed E-state index contributed by atoms with van der Waals surface area (Å²) in [6, 6.07) is 8.92. The number of amides is 1. The SMILES string of the molecule is COCCn1nc(CNC(=O)c2cc(C3CC3)on2)c2ccccc2c1=O. The number of carbonyl (C=O) groups excluding carboxylic acids is 1. The van der Waals surface area contributed by atoms with Gasteiger partial charge in [-0.2, -0.15) is 5.10 Å². The minimum Gasteiger partial charge on any atom is -0.383 e. The van der Waals surface area contributed by atoms with Crippen LogP contribution in [0.5, 0.6) is 0 Å². The van der Waals surface area contributed by atoms with Crippen molar-refractivity contribution in [2.45, 2.75) is 31.8 Å². The number of methoxy groups -OCH3 is 1. The fourth-order valence-electron chi connectivity index (χ4n) is 2.98. The van der Waals surface area contributed by atoms with Gasteiger partial charge < -0.3 is 14.6 Å². The van der Waals surface area contributed by atoms with Gasteiger partial charge in [0.2, 0.25) is 0 Å². The van der Waals surface area contributed by atoms with Crippen LogP contribution in [0.2, 0.25) is 0 Å². The minimum atomic E-state index is -0.328. The van der Waals surface area contributed by atoms with Gasteiger partial charge in [0.05, 0.1) is 30.8 Å². The van der Waals surface area contributed by atoms with Crippen LogP contribution in [-0.4, -0.2) is 34.6 Å². The summed E-state index contributed by atoms with van der Waals surface area (Å²) in [5.41, 5.74) is 0.692. The van der Waals surface area contributed by atoms with Crippen LogP contribution >= 0.6 is 0 Å². The maximum Gasteiger partial charge on any atom is 0.274 e. The van der Waals surface area contributed by atoms with Gasteiger partial charge in [-0.25, -0.2) is 4.68 Å². The van der Waals surface area contributed by atoms with E-state index in [0.717, 1.165) is 24.0 Å². The second kappa shape index (κ2) is 7.32. The summed E-state index contributed by atoms with van der Waals surface area (Å²) in [5.74, 6) is 0.831. The predicted molar refractivity (Wildman–Crippen MR) is 97.5 cm³/mol. The molecular formula is C19H20N4O4. The summed E-state index contributed by atoms with van der Waals surface area (Å²) in [4.78, 5) is 24.9. The molecule has 0 aliphatic heterocycles. The summed E-state index contributed by atoms with van der Waals surface area (Å²) in [7, 11) is 1.57. The lowest BCUT2D eigenvalue weighted by molar-refractivity contribution is 0.0941.